The van der Waals surface area contributed by atoms with Gasteiger partial charge in [-0.25, -0.2) is 0 Å². The number of anilines is 1. The van der Waals surface area contributed by atoms with E-state index in [2.05, 4.69) is 5.32 Å². The number of likely N-dealkylation sites (N-methyl/N-ethyl adjacent to an activating group) is 1. The molecule has 0 saturated heterocycles. The summed E-state index contributed by atoms with van der Waals surface area (Å²) >= 11 is 0. The molecule has 0 atom stereocenters. The summed E-state index contributed by atoms with van der Waals surface area (Å²) in [4.78, 5) is 26.1. The van der Waals surface area contributed by atoms with Crippen LogP contribution < -0.4 is 10.1 Å². The zero-order valence-electron chi connectivity index (χ0n) is 14.9. The van der Waals surface area contributed by atoms with Gasteiger partial charge in [0.25, 0.3) is 5.91 Å². The molecule has 0 aromatic heterocycles. The lowest BCUT2D eigenvalue weighted by Crippen LogP contribution is -2.35. The number of carbonyl (C=O) groups excluding carboxylic acids is 2. The third-order valence-electron chi connectivity index (χ3n) is 3.81. The molecule has 0 heterocycles. The topological polar surface area (TPSA) is 58.6 Å². The number of hydrogen-bond acceptors (Lipinski definition) is 3. The van der Waals surface area contributed by atoms with Crippen LogP contribution in [0.4, 0.5) is 5.69 Å². The van der Waals surface area contributed by atoms with Crippen LogP contribution >= 0.6 is 0 Å². The van der Waals surface area contributed by atoms with Crippen LogP contribution in [0.15, 0.2) is 48.5 Å². The van der Waals surface area contributed by atoms with Gasteiger partial charge >= 0.3 is 0 Å². The zero-order chi connectivity index (χ0) is 18.2. The third-order valence-corrected chi connectivity index (χ3v) is 3.81. The fraction of sp³-hybridized carbons (Fsp3) is 0.300. The van der Waals surface area contributed by atoms with Gasteiger partial charge in [-0.2, -0.15) is 0 Å². The van der Waals surface area contributed by atoms with Crippen molar-refractivity contribution in [2.45, 2.75) is 20.3 Å². The average molecular weight is 340 g/mol. The normalized spacial score (nSPS) is 10.2. The van der Waals surface area contributed by atoms with Crippen molar-refractivity contribution in [3.05, 3.63) is 59.7 Å². The largest absolute Gasteiger partial charge is 0.494 e. The first kappa shape index (κ1) is 18.5. The van der Waals surface area contributed by atoms with E-state index in [1.54, 1.807) is 31.3 Å². The Kier molecular flexibility index (Phi) is 6.57. The second-order valence-corrected chi connectivity index (χ2v) is 5.68. The third kappa shape index (κ3) is 5.08. The molecule has 132 valence electrons. The molecule has 0 radical (unpaired) electrons. The second kappa shape index (κ2) is 8.87. The van der Waals surface area contributed by atoms with Gasteiger partial charge in [-0.05, 0) is 49.2 Å². The molecule has 0 bridgehead atoms. The first-order chi connectivity index (χ1) is 12.0. The predicted molar refractivity (Wildman–Crippen MR) is 99.0 cm³/mol. The number of rotatable bonds is 7. The number of benzene rings is 2. The molecule has 0 spiro atoms. The number of hydrogen-bond donors (Lipinski definition) is 1. The molecule has 0 aliphatic heterocycles. The standard InChI is InChI=1S/C20H24N2O3/c1-4-15-8-6-7-9-18(15)21-19(23)14-22(3)20(24)16-10-12-17(13-11-16)25-5-2/h6-13H,4-5,14H2,1-3H3,(H,21,23). The maximum Gasteiger partial charge on any atom is 0.254 e. The van der Waals surface area contributed by atoms with Crippen molar-refractivity contribution >= 4 is 17.5 Å². The molecule has 2 rings (SSSR count). The highest BCUT2D eigenvalue weighted by Crippen LogP contribution is 2.16. The van der Waals surface area contributed by atoms with E-state index in [9.17, 15) is 9.59 Å². The fourth-order valence-electron chi connectivity index (χ4n) is 2.51. The Bertz CT molecular complexity index is 726. The van der Waals surface area contributed by atoms with Gasteiger partial charge in [-0.3, -0.25) is 9.59 Å². The molecule has 2 aromatic carbocycles. The van der Waals surface area contributed by atoms with Crippen molar-refractivity contribution in [2.24, 2.45) is 0 Å². The number of aryl methyl sites for hydroxylation is 1. The Morgan fingerprint density at radius 1 is 1.04 bits per heavy atom. The molecule has 5 heteroatoms. The van der Waals surface area contributed by atoms with Crippen LogP contribution in [0.25, 0.3) is 0 Å². The molecule has 0 aliphatic rings. The lowest BCUT2D eigenvalue weighted by Gasteiger charge is -2.18. The Morgan fingerprint density at radius 2 is 1.72 bits per heavy atom. The van der Waals surface area contributed by atoms with Crippen molar-refractivity contribution in [1.82, 2.24) is 4.90 Å². The van der Waals surface area contributed by atoms with Gasteiger partial charge in [-0.15, -0.1) is 0 Å². The Labute approximate surface area is 148 Å². The van der Waals surface area contributed by atoms with Crippen LogP contribution in [-0.4, -0.2) is 36.9 Å². The van der Waals surface area contributed by atoms with E-state index in [4.69, 9.17) is 4.74 Å². The molecule has 1 N–H and O–H groups in total. The smallest absolute Gasteiger partial charge is 0.254 e. The van der Waals surface area contributed by atoms with Crippen LogP contribution in [0.5, 0.6) is 5.75 Å². The van der Waals surface area contributed by atoms with E-state index < -0.39 is 0 Å². The van der Waals surface area contributed by atoms with E-state index in [-0.39, 0.29) is 18.4 Å². The summed E-state index contributed by atoms with van der Waals surface area (Å²) in [5.74, 6) is 0.292. The van der Waals surface area contributed by atoms with Crippen LogP contribution in [0.2, 0.25) is 0 Å². The minimum Gasteiger partial charge on any atom is -0.494 e. The quantitative estimate of drug-likeness (QED) is 0.841. The van der Waals surface area contributed by atoms with Gasteiger partial charge in [0.15, 0.2) is 0 Å². The molecule has 2 amide bonds. The lowest BCUT2D eigenvalue weighted by molar-refractivity contribution is -0.116. The number of nitrogens with zero attached hydrogens (tertiary/aromatic N) is 1. The summed E-state index contributed by atoms with van der Waals surface area (Å²) in [5.41, 5.74) is 2.38. The van der Waals surface area contributed by atoms with Crippen LogP contribution in [0, 0.1) is 0 Å². The number of amides is 2. The monoisotopic (exact) mass is 340 g/mol. The van der Waals surface area contributed by atoms with Crippen LogP contribution in [0.1, 0.15) is 29.8 Å². The Morgan fingerprint density at radius 3 is 2.36 bits per heavy atom. The first-order valence-corrected chi connectivity index (χ1v) is 8.41. The van der Waals surface area contributed by atoms with Crippen LogP contribution in [-0.2, 0) is 11.2 Å². The van der Waals surface area contributed by atoms with Gasteiger partial charge in [0.2, 0.25) is 5.91 Å². The van der Waals surface area contributed by atoms with E-state index in [0.29, 0.717) is 12.2 Å². The molecule has 0 fully saturated rings. The molecule has 0 aliphatic carbocycles. The SMILES string of the molecule is CCOc1ccc(C(=O)N(C)CC(=O)Nc2ccccc2CC)cc1. The van der Waals surface area contributed by atoms with Gasteiger partial charge in [0, 0.05) is 18.3 Å². The first-order valence-electron chi connectivity index (χ1n) is 8.41. The molecule has 2 aromatic rings. The number of nitrogens with one attached hydrogen (secondary N) is 1. The van der Waals surface area contributed by atoms with Crippen LogP contribution in [0.3, 0.4) is 0 Å². The number of para-hydroxylation sites is 1. The van der Waals surface area contributed by atoms with E-state index in [1.165, 1.54) is 4.90 Å². The maximum atomic E-state index is 12.4. The Balaban J connectivity index is 1.97. The summed E-state index contributed by atoms with van der Waals surface area (Å²) in [6.07, 6.45) is 0.831. The lowest BCUT2D eigenvalue weighted by atomic mass is 10.1. The molecule has 0 unspecified atom stereocenters. The van der Waals surface area contributed by atoms with Gasteiger partial charge in [0.05, 0.1) is 13.2 Å². The summed E-state index contributed by atoms with van der Waals surface area (Å²) in [5, 5.41) is 2.87. The molecule has 0 saturated carbocycles. The minimum atomic E-state index is -0.220. The van der Waals surface area contributed by atoms with E-state index in [0.717, 1.165) is 23.4 Å². The predicted octanol–water partition coefficient (Wildman–Crippen LogP) is 3.36. The van der Waals surface area contributed by atoms with Crippen molar-refractivity contribution in [1.29, 1.82) is 0 Å². The Hall–Kier alpha value is -2.82. The van der Waals surface area contributed by atoms with Gasteiger partial charge in [0.1, 0.15) is 5.75 Å². The van der Waals surface area contributed by atoms with Crippen molar-refractivity contribution in [3.63, 3.8) is 0 Å². The summed E-state index contributed by atoms with van der Waals surface area (Å²) in [6, 6.07) is 14.6. The zero-order valence-corrected chi connectivity index (χ0v) is 14.9. The molecule has 5 nitrogen and oxygen atoms in total. The highest BCUT2D eigenvalue weighted by Gasteiger charge is 2.15. The molecular weight excluding hydrogens is 316 g/mol. The minimum absolute atomic E-state index is 0.00983. The molecule has 25 heavy (non-hydrogen) atoms. The highest BCUT2D eigenvalue weighted by atomic mass is 16.5. The summed E-state index contributed by atoms with van der Waals surface area (Å²) in [6.45, 7) is 4.51. The van der Waals surface area contributed by atoms with E-state index in [1.807, 2.05) is 38.1 Å². The number of ether oxygens (including phenoxy) is 1. The van der Waals surface area contributed by atoms with Gasteiger partial charge in [-0.1, -0.05) is 25.1 Å². The second-order valence-electron chi connectivity index (χ2n) is 5.68. The van der Waals surface area contributed by atoms with E-state index >= 15 is 0 Å². The van der Waals surface area contributed by atoms with Gasteiger partial charge < -0.3 is 15.0 Å². The fourth-order valence-corrected chi connectivity index (χ4v) is 2.51. The highest BCUT2D eigenvalue weighted by molar-refractivity contribution is 5.99. The van der Waals surface area contributed by atoms with Crippen molar-refractivity contribution in [3.8, 4) is 5.75 Å². The van der Waals surface area contributed by atoms with Crippen molar-refractivity contribution in [2.75, 3.05) is 25.5 Å². The maximum absolute atomic E-state index is 12.4. The summed E-state index contributed by atoms with van der Waals surface area (Å²) in [7, 11) is 1.62. The molecular formula is C20H24N2O3. The number of carbonyl (C=O) groups is 2. The average Bonchev–Trinajstić information content (AvgIpc) is 2.62. The summed E-state index contributed by atoms with van der Waals surface area (Å²) < 4.78 is 5.36. The van der Waals surface area contributed by atoms with Crippen molar-refractivity contribution < 1.29 is 14.3 Å².